The summed E-state index contributed by atoms with van der Waals surface area (Å²) in [6, 6.07) is 18.8. The van der Waals surface area contributed by atoms with E-state index in [1.807, 2.05) is 47.4 Å². The number of benzene rings is 2. The lowest BCUT2D eigenvalue weighted by molar-refractivity contribution is 0.661. The molecule has 0 atom stereocenters. The predicted octanol–water partition coefficient (Wildman–Crippen LogP) is 2.31. The van der Waals surface area contributed by atoms with E-state index in [9.17, 15) is 0 Å². The molecule has 0 radical (unpaired) electrons. The van der Waals surface area contributed by atoms with E-state index in [-0.39, 0.29) is 0 Å². The minimum Gasteiger partial charge on any atom is -0.332 e. The fraction of sp³-hybridized carbons (Fsp3) is 0.118. The van der Waals surface area contributed by atoms with Crippen LogP contribution in [0.4, 0.5) is 11.4 Å². The minimum atomic E-state index is 0.493. The van der Waals surface area contributed by atoms with Crippen molar-refractivity contribution in [3.8, 4) is 6.07 Å². The molecule has 1 heterocycles. The van der Waals surface area contributed by atoms with Crippen LogP contribution in [0.25, 0.3) is 0 Å². The van der Waals surface area contributed by atoms with Gasteiger partial charge < -0.3 is 5.32 Å². The SMILES string of the molecule is N#Cc1cccc(NC(=S)N2CCN=C2N(N)c2ccccc2)c1. The number of guanidine groups is 1. The highest BCUT2D eigenvalue weighted by Crippen LogP contribution is 2.16. The molecule has 120 valence electrons. The number of rotatable bonds is 2. The lowest BCUT2D eigenvalue weighted by atomic mass is 10.2. The molecule has 6 nitrogen and oxygen atoms in total. The first-order chi connectivity index (χ1) is 11.7. The second-order valence-electron chi connectivity index (χ2n) is 5.16. The van der Waals surface area contributed by atoms with Crippen molar-refractivity contribution in [2.75, 3.05) is 23.4 Å². The zero-order chi connectivity index (χ0) is 16.9. The Morgan fingerprint density at radius 2 is 2.04 bits per heavy atom. The van der Waals surface area contributed by atoms with Gasteiger partial charge in [0.05, 0.1) is 23.9 Å². The third kappa shape index (κ3) is 3.35. The highest BCUT2D eigenvalue weighted by atomic mass is 32.1. The third-order valence-electron chi connectivity index (χ3n) is 3.56. The Bertz CT molecular complexity index is 811. The third-order valence-corrected chi connectivity index (χ3v) is 3.88. The summed E-state index contributed by atoms with van der Waals surface area (Å²) in [6.07, 6.45) is 0. The Labute approximate surface area is 145 Å². The van der Waals surface area contributed by atoms with Gasteiger partial charge in [-0.05, 0) is 42.5 Å². The Morgan fingerprint density at radius 1 is 1.25 bits per heavy atom. The Morgan fingerprint density at radius 3 is 2.79 bits per heavy atom. The normalized spacial score (nSPS) is 13.2. The molecule has 0 unspecified atom stereocenters. The number of nitrogens with two attached hydrogens (primary N) is 1. The van der Waals surface area contributed by atoms with Crippen LogP contribution in [-0.4, -0.2) is 29.1 Å². The van der Waals surface area contributed by atoms with Crippen molar-refractivity contribution >= 4 is 34.7 Å². The van der Waals surface area contributed by atoms with Crippen LogP contribution in [-0.2, 0) is 0 Å². The molecular formula is C17H16N6S. The second kappa shape index (κ2) is 7.08. The van der Waals surface area contributed by atoms with Crippen molar-refractivity contribution in [1.29, 1.82) is 5.26 Å². The van der Waals surface area contributed by atoms with Crippen LogP contribution in [0.2, 0.25) is 0 Å². The molecule has 1 aliphatic heterocycles. The van der Waals surface area contributed by atoms with Gasteiger partial charge in [0.2, 0.25) is 5.96 Å². The molecule has 3 N–H and O–H groups in total. The number of nitriles is 1. The second-order valence-corrected chi connectivity index (χ2v) is 5.55. The van der Waals surface area contributed by atoms with Crippen molar-refractivity contribution in [3.63, 3.8) is 0 Å². The smallest absolute Gasteiger partial charge is 0.222 e. The lowest BCUT2D eigenvalue weighted by Crippen LogP contribution is -2.50. The summed E-state index contributed by atoms with van der Waals surface area (Å²) < 4.78 is 0. The van der Waals surface area contributed by atoms with Gasteiger partial charge in [0, 0.05) is 12.2 Å². The molecule has 0 amide bonds. The molecular weight excluding hydrogens is 320 g/mol. The molecule has 0 bridgehead atoms. The van der Waals surface area contributed by atoms with E-state index in [2.05, 4.69) is 16.4 Å². The maximum absolute atomic E-state index is 8.99. The first-order valence-corrected chi connectivity index (χ1v) is 7.83. The molecule has 2 aromatic carbocycles. The average Bonchev–Trinajstić information content (AvgIpc) is 3.12. The largest absolute Gasteiger partial charge is 0.332 e. The van der Waals surface area contributed by atoms with Gasteiger partial charge in [-0.1, -0.05) is 24.3 Å². The van der Waals surface area contributed by atoms with Crippen molar-refractivity contribution < 1.29 is 0 Å². The summed E-state index contributed by atoms with van der Waals surface area (Å²) in [6.45, 7) is 1.27. The van der Waals surface area contributed by atoms with Crippen LogP contribution in [0.15, 0.2) is 59.6 Å². The maximum atomic E-state index is 8.99. The number of para-hydroxylation sites is 1. The Hall–Kier alpha value is -2.95. The number of hydrazine groups is 1. The molecule has 3 rings (SSSR count). The molecule has 1 aliphatic rings. The fourth-order valence-corrected chi connectivity index (χ4v) is 2.69. The summed E-state index contributed by atoms with van der Waals surface area (Å²) in [5, 5.41) is 14.1. The summed E-state index contributed by atoms with van der Waals surface area (Å²) in [5.41, 5.74) is 2.16. The van der Waals surface area contributed by atoms with E-state index in [1.165, 1.54) is 5.01 Å². The summed E-state index contributed by atoms with van der Waals surface area (Å²) in [4.78, 5) is 6.30. The van der Waals surface area contributed by atoms with Crippen LogP contribution in [0.1, 0.15) is 5.56 Å². The van der Waals surface area contributed by atoms with E-state index in [0.717, 1.165) is 11.4 Å². The van der Waals surface area contributed by atoms with Crippen LogP contribution in [0.5, 0.6) is 0 Å². The molecule has 0 aliphatic carbocycles. The van der Waals surface area contributed by atoms with Gasteiger partial charge >= 0.3 is 0 Å². The maximum Gasteiger partial charge on any atom is 0.222 e. The molecule has 0 aromatic heterocycles. The number of hydrogen-bond donors (Lipinski definition) is 2. The molecule has 0 spiro atoms. The van der Waals surface area contributed by atoms with E-state index < -0.39 is 0 Å². The van der Waals surface area contributed by atoms with E-state index in [1.54, 1.807) is 12.1 Å². The predicted molar refractivity (Wildman–Crippen MR) is 99.5 cm³/mol. The van der Waals surface area contributed by atoms with E-state index >= 15 is 0 Å². The van der Waals surface area contributed by atoms with Gasteiger partial charge in [-0.3, -0.25) is 4.90 Å². The zero-order valence-electron chi connectivity index (χ0n) is 12.9. The average molecular weight is 336 g/mol. The standard InChI is InChI=1S/C17H16N6S/c18-12-13-5-4-6-14(11-13)21-17(24)22-10-9-20-16(22)23(19)15-7-2-1-3-8-15/h1-8,11H,9-10,19H2,(H,21,24). The highest BCUT2D eigenvalue weighted by molar-refractivity contribution is 7.80. The van der Waals surface area contributed by atoms with Crippen molar-refractivity contribution in [2.24, 2.45) is 10.8 Å². The Kier molecular flexibility index (Phi) is 4.70. The van der Waals surface area contributed by atoms with E-state index in [4.69, 9.17) is 23.3 Å². The van der Waals surface area contributed by atoms with Crippen LogP contribution in [0, 0.1) is 11.3 Å². The molecule has 0 saturated carbocycles. The van der Waals surface area contributed by atoms with Gasteiger partial charge in [-0.2, -0.15) is 5.26 Å². The number of anilines is 2. The minimum absolute atomic E-state index is 0.493. The number of hydrogen-bond acceptors (Lipinski definition) is 5. The fourth-order valence-electron chi connectivity index (χ4n) is 2.40. The quantitative estimate of drug-likeness (QED) is 0.498. The monoisotopic (exact) mass is 336 g/mol. The molecule has 2 aromatic rings. The molecule has 7 heteroatoms. The Balaban J connectivity index is 1.75. The van der Waals surface area contributed by atoms with Gasteiger partial charge in [-0.25, -0.2) is 15.8 Å². The topological polar surface area (TPSA) is 80.7 Å². The van der Waals surface area contributed by atoms with Gasteiger partial charge in [0.1, 0.15) is 0 Å². The molecule has 0 saturated heterocycles. The summed E-state index contributed by atoms with van der Waals surface area (Å²) >= 11 is 5.49. The van der Waals surface area contributed by atoms with Gasteiger partial charge in [0.25, 0.3) is 0 Å². The summed E-state index contributed by atoms with van der Waals surface area (Å²) in [7, 11) is 0. The molecule has 0 fully saturated rings. The highest BCUT2D eigenvalue weighted by Gasteiger charge is 2.25. The van der Waals surface area contributed by atoms with Crippen LogP contribution >= 0.6 is 12.2 Å². The number of thiocarbonyl (C=S) groups is 1. The van der Waals surface area contributed by atoms with Crippen molar-refractivity contribution in [1.82, 2.24) is 4.90 Å². The van der Waals surface area contributed by atoms with Gasteiger partial charge in [0.15, 0.2) is 5.11 Å². The van der Waals surface area contributed by atoms with Crippen molar-refractivity contribution in [2.45, 2.75) is 0 Å². The zero-order valence-corrected chi connectivity index (χ0v) is 13.7. The van der Waals surface area contributed by atoms with Crippen LogP contribution in [0.3, 0.4) is 0 Å². The lowest BCUT2D eigenvalue weighted by Gasteiger charge is -2.27. The molecule has 24 heavy (non-hydrogen) atoms. The first kappa shape index (κ1) is 15.9. The number of aliphatic imine (C=N–C) groups is 1. The van der Waals surface area contributed by atoms with Crippen LogP contribution < -0.4 is 16.2 Å². The van der Waals surface area contributed by atoms with Crippen molar-refractivity contribution in [3.05, 3.63) is 60.2 Å². The van der Waals surface area contributed by atoms with E-state index in [0.29, 0.717) is 29.7 Å². The summed E-state index contributed by atoms with van der Waals surface area (Å²) in [5.74, 6) is 6.79. The number of nitrogens with one attached hydrogen (secondary N) is 1. The first-order valence-electron chi connectivity index (χ1n) is 7.42. The number of nitrogens with zero attached hydrogens (tertiary/aromatic N) is 4. The van der Waals surface area contributed by atoms with Gasteiger partial charge in [-0.15, -0.1) is 0 Å².